The monoisotopic (exact) mass is 796 g/mol. The van der Waals surface area contributed by atoms with Gasteiger partial charge in [0.15, 0.2) is 5.78 Å². The molecule has 1 unspecified atom stereocenters. The molecule has 3 aromatic rings. The van der Waals surface area contributed by atoms with E-state index in [2.05, 4.69) is 94.0 Å². The molecule has 0 spiro atoms. The van der Waals surface area contributed by atoms with E-state index in [9.17, 15) is 9.90 Å². The molecule has 0 fully saturated rings. The summed E-state index contributed by atoms with van der Waals surface area (Å²) in [6.45, 7) is 23.6. The summed E-state index contributed by atoms with van der Waals surface area (Å²) in [6.07, 6.45) is 7.63. The van der Waals surface area contributed by atoms with Crippen molar-refractivity contribution in [3.05, 3.63) is 64.5 Å². The average Bonchev–Trinajstić information content (AvgIpc) is 3.32. The Labute approximate surface area is 283 Å². The van der Waals surface area contributed by atoms with Crippen LogP contribution in [0.1, 0.15) is 112 Å². The van der Waals surface area contributed by atoms with E-state index in [0.29, 0.717) is 5.41 Å². The summed E-state index contributed by atoms with van der Waals surface area (Å²) >= 11 is 1.82. The summed E-state index contributed by atoms with van der Waals surface area (Å²) in [5.41, 5.74) is 2.85. The van der Waals surface area contributed by atoms with Crippen LogP contribution in [0.3, 0.4) is 0 Å². The number of allylic oxidation sites excluding steroid dienone is 2. The summed E-state index contributed by atoms with van der Waals surface area (Å²) < 4.78 is 1.31. The fourth-order valence-electron chi connectivity index (χ4n) is 5.43. The predicted molar refractivity (Wildman–Crippen MR) is 187 cm³/mol. The van der Waals surface area contributed by atoms with Crippen molar-refractivity contribution in [2.75, 3.05) is 0 Å². The van der Waals surface area contributed by atoms with Crippen molar-refractivity contribution in [2.45, 2.75) is 108 Å². The van der Waals surface area contributed by atoms with E-state index in [-0.39, 0.29) is 55.1 Å². The molecule has 1 aromatic heterocycles. The second-order valence-corrected chi connectivity index (χ2v) is 15.1. The van der Waals surface area contributed by atoms with E-state index in [1.807, 2.05) is 39.0 Å². The first kappa shape index (κ1) is 38.1. The molecular formula is C37H53IrN3O2S-2. The zero-order valence-electron chi connectivity index (χ0n) is 28.4. The minimum absolute atomic E-state index is 0. The van der Waals surface area contributed by atoms with Gasteiger partial charge in [-0.3, -0.25) is 11.3 Å². The first-order valence-corrected chi connectivity index (χ1v) is 16.8. The van der Waals surface area contributed by atoms with E-state index in [1.165, 1.54) is 37.4 Å². The zero-order valence-corrected chi connectivity index (χ0v) is 31.6. The van der Waals surface area contributed by atoms with E-state index >= 15 is 0 Å². The van der Waals surface area contributed by atoms with Gasteiger partial charge in [-0.1, -0.05) is 106 Å². The third-order valence-corrected chi connectivity index (χ3v) is 9.16. The van der Waals surface area contributed by atoms with Gasteiger partial charge in [0.05, 0.1) is 5.76 Å². The van der Waals surface area contributed by atoms with Gasteiger partial charge in [-0.15, -0.1) is 11.3 Å². The van der Waals surface area contributed by atoms with Gasteiger partial charge in [-0.2, -0.15) is 5.41 Å². The van der Waals surface area contributed by atoms with Crippen LogP contribution in [0.5, 0.6) is 0 Å². The number of aliphatic imine (C=N–C) groups is 1. The van der Waals surface area contributed by atoms with Crippen LogP contribution in [0.4, 0.5) is 5.69 Å². The molecule has 0 aliphatic carbocycles. The number of carbonyl (C=O) groups is 1. The second kappa shape index (κ2) is 16.5. The Morgan fingerprint density at radius 3 is 2.18 bits per heavy atom. The third-order valence-electron chi connectivity index (χ3n) is 7.88. The van der Waals surface area contributed by atoms with E-state index in [4.69, 9.17) is 0 Å². The number of fused-ring (bicyclic) bond motifs is 5. The second-order valence-electron chi connectivity index (χ2n) is 14.0. The molecule has 2 aromatic carbocycles. The summed E-state index contributed by atoms with van der Waals surface area (Å²) in [7, 11) is 0. The Morgan fingerprint density at radius 1 is 1.00 bits per heavy atom. The molecule has 1 radical (unpaired) electrons. The van der Waals surface area contributed by atoms with Gasteiger partial charge in [0, 0.05) is 53.8 Å². The minimum Gasteiger partial charge on any atom is -0.512 e. The Bertz CT molecular complexity index is 1440. The van der Waals surface area contributed by atoms with Gasteiger partial charge < -0.3 is 20.7 Å². The number of rotatable bonds is 10. The standard InChI is InChI=1S/C24H29N3S.C13H24O2.Ir/c1-23(2,3)12-15-7-9-17-16(11-15)8-10-18-19-21(28-20(17)18)22(27-14-26-19)25-13-24(4,5)6;1-5-10(6-2)12(14)9-13(15)11(7-3)8-4;/h7-11,13-14,22,25H,12H2,1-6H3;9-11,14H,5-8H2,1-4H3;/q-2;;/b;12-9-;. The number of thiophene rings is 1. The summed E-state index contributed by atoms with van der Waals surface area (Å²) in [5.74, 6) is 0.547. The fraction of sp³-hybridized carbons (Fsp3) is 0.541. The van der Waals surface area contributed by atoms with E-state index in [0.717, 1.165) is 37.8 Å². The van der Waals surface area contributed by atoms with Crippen molar-refractivity contribution >= 4 is 50.0 Å². The largest absolute Gasteiger partial charge is 0.512 e. The summed E-state index contributed by atoms with van der Waals surface area (Å²) in [5, 5.41) is 21.7. The number of nitrogens with one attached hydrogen (secondary N) is 1. The molecule has 0 saturated carbocycles. The first-order valence-electron chi connectivity index (χ1n) is 16.0. The molecule has 5 nitrogen and oxygen atoms in total. The van der Waals surface area contributed by atoms with Gasteiger partial charge in [0.1, 0.15) is 0 Å². The maximum Gasteiger partial charge on any atom is 0.162 e. The number of aliphatic hydroxyl groups excluding tert-OH is 1. The van der Waals surface area contributed by atoms with Crippen LogP contribution >= 0.6 is 11.3 Å². The number of nitrogens with zero attached hydrogens (tertiary/aromatic N) is 2. The van der Waals surface area contributed by atoms with Crippen LogP contribution in [0, 0.1) is 29.2 Å². The van der Waals surface area contributed by atoms with Gasteiger partial charge >= 0.3 is 0 Å². The molecule has 7 heteroatoms. The molecule has 0 amide bonds. The molecule has 0 saturated heterocycles. The quantitative estimate of drug-likeness (QED) is 0.122. The van der Waals surface area contributed by atoms with Crippen LogP contribution in [0.15, 0.2) is 47.2 Å². The fourth-order valence-corrected chi connectivity index (χ4v) is 6.72. The molecule has 2 heterocycles. The predicted octanol–water partition coefficient (Wildman–Crippen LogP) is 11.4. The summed E-state index contributed by atoms with van der Waals surface area (Å²) in [4.78, 5) is 17.5. The normalized spacial score (nSPS) is 15.2. The zero-order chi connectivity index (χ0) is 31.9. The van der Waals surface area contributed by atoms with E-state index in [1.54, 1.807) is 6.34 Å². The van der Waals surface area contributed by atoms with Crippen molar-refractivity contribution in [2.24, 2.45) is 27.7 Å². The van der Waals surface area contributed by atoms with Crippen LogP contribution in [0.2, 0.25) is 0 Å². The molecular weight excluding hydrogens is 743 g/mol. The number of ketones is 1. The van der Waals surface area contributed by atoms with Crippen molar-refractivity contribution < 1.29 is 30.0 Å². The van der Waals surface area contributed by atoms with Crippen molar-refractivity contribution in [1.82, 2.24) is 5.32 Å². The SMILES string of the molecule is CC(C)(C)[CH-]NC1[N-]C=Nc2c1sc1c2ccc2cc(CC(C)(C)C)ccc21.CCC(CC)C(=O)/C=C(\O)C(CC)CC.[Ir]. The molecule has 1 aliphatic rings. The first-order chi connectivity index (χ1) is 20.2. The molecule has 245 valence electrons. The number of carbonyl (C=O) groups excluding carboxylic acids is 1. The number of hydrogen-bond donors (Lipinski definition) is 2. The van der Waals surface area contributed by atoms with Gasteiger partial charge in [-0.05, 0) is 64.9 Å². The molecule has 4 rings (SSSR count). The number of hydrogen-bond acceptors (Lipinski definition) is 5. The van der Waals surface area contributed by atoms with Crippen LogP contribution in [0.25, 0.3) is 26.2 Å². The Kier molecular flexibility index (Phi) is 14.3. The molecule has 0 bridgehead atoms. The number of aliphatic hydroxyl groups is 1. The Morgan fingerprint density at radius 2 is 1.61 bits per heavy atom. The summed E-state index contributed by atoms with van der Waals surface area (Å²) in [6, 6.07) is 11.4. The topological polar surface area (TPSA) is 75.8 Å². The van der Waals surface area contributed by atoms with Crippen LogP contribution in [-0.2, 0) is 31.3 Å². The van der Waals surface area contributed by atoms with Crippen LogP contribution in [-0.4, -0.2) is 17.2 Å². The van der Waals surface area contributed by atoms with E-state index < -0.39 is 0 Å². The maximum atomic E-state index is 11.7. The minimum atomic E-state index is -0.0562. The Hall–Kier alpha value is -2.05. The van der Waals surface area contributed by atoms with Gasteiger partial charge in [-0.25, -0.2) is 0 Å². The third kappa shape index (κ3) is 10.2. The smallest absolute Gasteiger partial charge is 0.162 e. The van der Waals surface area contributed by atoms with Gasteiger partial charge in [0.2, 0.25) is 0 Å². The Balaban J connectivity index is 0.000000363. The molecule has 1 atom stereocenters. The van der Waals surface area contributed by atoms with Crippen molar-refractivity contribution in [3.8, 4) is 0 Å². The van der Waals surface area contributed by atoms with Crippen LogP contribution < -0.4 is 5.32 Å². The molecule has 1 aliphatic heterocycles. The van der Waals surface area contributed by atoms with Gasteiger partial charge in [0.25, 0.3) is 0 Å². The van der Waals surface area contributed by atoms with Crippen molar-refractivity contribution in [3.63, 3.8) is 0 Å². The number of benzene rings is 2. The maximum absolute atomic E-state index is 11.7. The molecule has 44 heavy (non-hydrogen) atoms. The van der Waals surface area contributed by atoms with Crippen molar-refractivity contribution in [1.29, 1.82) is 0 Å². The average molecular weight is 796 g/mol. The molecule has 2 N–H and O–H groups in total.